The first-order valence-corrected chi connectivity index (χ1v) is 5.29. The van der Waals surface area contributed by atoms with E-state index in [9.17, 15) is 4.79 Å². The van der Waals surface area contributed by atoms with Gasteiger partial charge in [0.2, 0.25) is 5.91 Å². The molecule has 4 nitrogen and oxygen atoms in total. The van der Waals surface area contributed by atoms with E-state index >= 15 is 0 Å². The van der Waals surface area contributed by atoms with Gasteiger partial charge in [-0.05, 0) is 31.0 Å². The molecular weight excluding hydrogens is 204 g/mol. The van der Waals surface area contributed by atoms with E-state index in [0.717, 1.165) is 5.56 Å². The molecule has 0 aliphatic rings. The Morgan fingerprint density at radius 2 is 2.25 bits per heavy atom. The second-order valence-electron chi connectivity index (χ2n) is 3.71. The van der Waals surface area contributed by atoms with Crippen molar-refractivity contribution in [1.82, 2.24) is 0 Å². The van der Waals surface area contributed by atoms with Gasteiger partial charge >= 0.3 is 0 Å². The van der Waals surface area contributed by atoms with Crippen molar-refractivity contribution in [3.05, 3.63) is 23.8 Å². The Morgan fingerprint density at radius 1 is 1.56 bits per heavy atom. The van der Waals surface area contributed by atoms with Gasteiger partial charge < -0.3 is 15.8 Å². The van der Waals surface area contributed by atoms with E-state index in [0.29, 0.717) is 17.9 Å². The fraction of sp³-hybridized carbons (Fsp3) is 0.417. The maximum atomic E-state index is 11.6. The van der Waals surface area contributed by atoms with Gasteiger partial charge in [0.15, 0.2) is 0 Å². The predicted octanol–water partition coefficient (Wildman–Crippen LogP) is 1.68. The van der Waals surface area contributed by atoms with Crippen molar-refractivity contribution in [2.75, 3.05) is 12.4 Å². The van der Waals surface area contributed by atoms with Crippen LogP contribution in [-0.4, -0.2) is 19.1 Å². The number of nitrogens with two attached hydrogens (primary N) is 1. The Balaban J connectivity index is 2.84. The highest BCUT2D eigenvalue weighted by molar-refractivity contribution is 5.95. The van der Waals surface area contributed by atoms with E-state index in [-0.39, 0.29) is 5.91 Å². The van der Waals surface area contributed by atoms with E-state index < -0.39 is 6.04 Å². The van der Waals surface area contributed by atoms with Gasteiger partial charge in [-0.25, -0.2) is 0 Å². The van der Waals surface area contributed by atoms with E-state index in [1.165, 1.54) is 0 Å². The molecule has 0 fully saturated rings. The highest BCUT2D eigenvalue weighted by Crippen LogP contribution is 2.25. The number of anilines is 1. The molecule has 0 spiro atoms. The Hall–Kier alpha value is -1.55. The van der Waals surface area contributed by atoms with Gasteiger partial charge in [0, 0.05) is 0 Å². The van der Waals surface area contributed by atoms with E-state index in [4.69, 9.17) is 10.5 Å². The molecule has 0 radical (unpaired) electrons. The minimum absolute atomic E-state index is 0.190. The van der Waals surface area contributed by atoms with Gasteiger partial charge in [-0.3, -0.25) is 4.79 Å². The number of amides is 1. The summed E-state index contributed by atoms with van der Waals surface area (Å²) in [5, 5.41) is 2.75. The van der Waals surface area contributed by atoms with Crippen LogP contribution in [0.25, 0.3) is 0 Å². The molecule has 0 saturated heterocycles. The lowest BCUT2D eigenvalue weighted by Gasteiger charge is -2.13. The predicted molar refractivity (Wildman–Crippen MR) is 64.6 cm³/mol. The van der Waals surface area contributed by atoms with Crippen LogP contribution in [0.1, 0.15) is 18.9 Å². The van der Waals surface area contributed by atoms with E-state index in [1.54, 1.807) is 7.11 Å². The average Bonchev–Trinajstić information content (AvgIpc) is 2.30. The van der Waals surface area contributed by atoms with Crippen LogP contribution >= 0.6 is 0 Å². The number of hydrogen-bond acceptors (Lipinski definition) is 3. The molecule has 0 saturated carbocycles. The minimum atomic E-state index is -0.481. The van der Waals surface area contributed by atoms with E-state index in [1.807, 2.05) is 32.0 Å². The molecule has 1 aromatic rings. The third-order valence-electron chi connectivity index (χ3n) is 2.39. The summed E-state index contributed by atoms with van der Waals surface area (Å²) in [6, 6.07) is 5.11. The summed E-state index contributed by atoms with van der Waals surface area (Å²) in [7, 11) is 1.57. The molecule has 0 aliphatic heterocycles. The van der Waals surface area contributed by atoms with Gasteiger partial charge in [-0.15, -0.1) is 0 Å². The number of nitrogens with one attached hydrogen (secondary N) is 1. The standard InChI is InChI=1S/C12H18N2O2/c1-4-9(13)12(15)14-10-6-5-8(2)7-11(10)16-3/h5-7,9H,4,13H2,1-3H3,(H,14,15)/t9-/m1/s1. The largest absolute Gasteiger partial charge is 0.495 e. The van der Waals surface area contributed by atoms with Crippen molar-refractivity contribution in [2.45, 2.75) is 26.3 Å². The van der Waals surface area contributed by atoms with Crippen molar-refractivity contribution in [1.29, 1.82) is 0 Å². The first-order chi connectivity index (χ1) is 7.58. The Morgan fingerprint density at radius 3 is 2.81 bits per heavy atom. The Kier molecular flexibility index (Phi) is 4.31. The highest BCUT2D eigenvalue weighted by atomic mass is 16.5. The zero-order valence-corrected chi connectivity index (χ0v) is 9.91. The molecule has 0 aromatic heterocycles. The summed E-state index contributed by atoms with van der Waals surface area (Å²) in [5.74, 6) is 0.460. The number of hydrogen-bond donors (Lipinski definition) is 2. The number of benzene rings is 1. The van der Waals surface area contributed by atoms with Crippen LogP contribution in [0.15, 0.2) is 18.2 Å². The van der Waals surface area contributed by atoms with Crippen molar-refractivity contribution < 1.29 is 9.53 Å². The first-order valence-electron chi connectivity index (χ1n) is 5.29. The molecule has 3 N–H and O–H groups in total. The van der Waals surface area contributed by atoms with Crippen molar-refractivity contribution in [3.63, 3.8) is 0 Å². The fourth-order valence-corrected chi connectivity index (χ4v) is 1.31. The van der Waals surface area contributed by atoms with Crippen LogP contribution in [0, 0.1) is 6.92 Å². The topological polar surface area (TPSA) is 64.4 Å². The molecule has 1 rings (SSSR count). The van der Waals surface area contributed by atoms with Gasteiger partial charge in [0.1, 0.15) is 5.75 Å². The van der Waals surface area contributed by atoms with Crippen LogP contribution in [0.3, 0.4) is 0 Å². The van der Waals surface area contributed by atoms with Gasteiger partial charge in [-0.1, -0.05) is 13.0 Å². The first kappa shape index (κ1) is 12.5. The van der Waals surface area contributed by atoms with E-state index in [2.05, 4.69) is 5.32 Å². The molecule has 0 aliphatic carbocycles. The summed E-state index contributed by atoms with van der Waals surface area (Å²) in [6.07, 6.45) is 0.611. The molecule has 0 unspecified atom stereocenters. The molecule has 1 amide bonds. The summed E-state index contributed by atoms with van der Waals surface area (Å²) in [6.45, 7) is 3.84. The van der Waals surface area contributed by atoms with Crippen LogP contribution in [0.5, 0.6) is 5.75 Å². The highest BCUT2D eigenvalue weighted by Gasteiger charge is 2.13. The normalized spacial score (nSPS) is 12.0. The number of methoxy groups -OCH3 is 1. The quantitative estimate of drug-likeness (QED) is 0.814. The number of rotatable bonds is 4. The van der Waals surface area contributed by atoms with Gasteiger partial charge in [0.05, 0.1) is 18.8 Å². The number of carbonyl (C=O) groups is 1. The summed E-state index contributed by atoms with van der Waals surface area (Å²) < 4.78 is 5.18. The molecule has 16 heavy (non-hydrogen) atoms. The molecule has 1 aromatic carbocycles. The molecule has 0 bridgehead atoms. The van der Waals surface area contributed by atoms with Crippen molar-refractivity contribution >= 4 is 11.6 Å². The lowest BCUT2D eigenvalue weighted by Crippen LogP contribution is -2.34. The second-order valence-corrected chi connectivity index (χ2v) is 3.71. The summed E-state index contributed by atoms with van der Waals surface area (Å²) in [5.41, 5.74) is 7.37. The molecule has 4 heteroatoms. The van der Waals surface area contributed by atoms with Crippen LogP contribution in [-0.2, 0) is 4.79 Å². The third-order valence-corrected chi connectivity index (χ3v) is 2.39. The van der Waals surface area contributed by atoms with Gasteiger partial charge in [0.25, 0.3) is 0 Å². The van der Waals surface area contributed by atoms with Gasteiger partial charge in [-0.2, -0.15) is 0 Å². The smallest absolute Gasteiger partial charge is 0.241 e. The third kappa shape index (κ3) is 2.97. The second kappa shape index (κ2) is 5.51. The van der Waals surface area contributed by atoms with Crippen LogP contribution in [0.2, 0.25) is 0 Å². The summed E-state index contributed by atoms with van der Waals surface area (Å²) in [4.78, 5) is 11.6. The van der Waals surface area contributed by atoms with Crippen molar-refractivity contribution in [2.24, 2.45) is 5.73 Å². The molecule has 0 heterocycles. The zero-order chi connectivity index (χ0) is 12.1. The lowest BCUT2D eigenvalue weighted by atomic mass is 10.2. The molecule has 1 atom stereocenters. The number of carbonyl (C=O) groups excluding carboxylic acids is 1. The number of aryl methyl sites for hydroxylation is 1. The van der Waals surface area contributed by atoms with Crippen LogP contribution < -0.4 is 15.8 Å². The van der Waals surface area contributed by atoms with Crippen molar-refractivity contribution in [3.8, 4) is 5.75 Å². The average molecular weight is 222 g/mol. The Labute approximate surface area is 95.8 Å². The molecule has 88 valence electrons. The number of ether oxygens (including phenoxy) is 1. The summed E-state index contributed by atoms with van der Waals surface area (Å²) >= 11 is 0. The lowest BCUT2D eigenvalue weighted by molar-refractivity contribution is -0.117. The fourth-order valence-electron chi connectivity index (χ4n) is 1.31. The zero-order valence-electron chi connectivity index (χ0n) is 9.91. The SMILES string of the molecule is CC[C@@H](N)C(=O)Nc1ccc(C)cc1OC. The Bertz CT molecular complexity index is 377. The maximum Gasteiger partial charge on any atom is 0.241 e. The maximum absolute atomic E-state index is 11.6. The minimum Gasteiger partial charge on any atom is -0.495 e. The monoisotopic (exact) mass is 222 g/mol. The van der Waals surface area contributed by atoms with Crippen LogP contribution in [0.4, 0.5) is 5.69 Å². The molecular formula is C12H18N2O2.